The first kappa shape index (κ1) is 31.5. The summed E-state index contributed by atoms with van der Waals surface area (Å²) in [4.78, 5) is 4.37. The largest absolute Gasteiger partial charge is 0.490 e. The van der Waals surface area contributed by atoms with Crippen molar-refractivity contribution >= 4 is 0 Å². The normalized spacial score (nSPS) is 17.4. The summed E-state index contributed by atoms with van der Waals surface area (Å²) in [5.74, 6) is -1.52. The summed E-state index contributed by atoms with van der Waals surface area (Å²) in [5.41, 5.74) is 1.26. The Bertz CT molecular complexity index is 929. The number of hydrogen-bond acceptors (Lipinski definition) is 4. The maximum atomic E-state index is 14.9. The molecular weight excluding hydrogens is 496 g/mol. The number of benzene rings is 1. The minimum absolute atomic E-state index is 0.0460. The van der Waals surface area contributed by atoms with Gasteiger partial charge in [-0.2, -0.15) is 4.39 Å². The number of nitrogens with zero attached hydrogens (tertiary/aromatic N) is 1. The number of hydrogen-bond donors (Lipinski definition) is 0. The Morgan fingerprint density at radius 2 is 1.36 bits per heavy atom. The van der Waals surface area contributed by atoms with Gasteiger partial charge in [0.15, 0.2) is 17.9 Å². The molecule has 4 nitrogen and oxygen atoms in total. The zero-order valence-electron chi connectivity index (χ0n) is 24.2. The molecule has 0 unspecified atom stereocenters. The van der Waals surface area contributed by atoms with Gasteiger partial charge in [0.05, 0.1) is 25.5 Å². The third kappa shape index (κ3) is 10.8. The molecule has 0 aliphatic carbocycles. The zero-order chi connectivity index (χ0) is 27.7. The van der Waals surface area contributed by atoms with Crippen LogP contribution in [0.4, 0.5) is 8.78 Å². The predicted molar refractivity (Wildman–Crippen MR) is 154 cm³/mol. The van der Waals surface area contributed by atoms with E-state index in [4.69, 9.17) is 14.2 Å². The van der Waals surface area contributed by atoms with Crippen LogP contribution >= 0.6 is 0 Å². The second-order valence-electron chi connectivity index (χ2n) is 11.0. The van der Waals surface area contributed by atoms with Gasteiger partial charge >= 0.3 is 0 Å². The number of pyridine rings is 1. The van der Waals surface area contributed by atoms with Crippen LogP contribution in [0.3, 0.4) is 0 Å². The van der Waals surface area contributed by atoms with Crippen molar-refractivity contribution in [1.29, 1.82) is 0 Å². The van der Waals surface area contributed by atoms with E-state index in [1.165, 1.54) is 82.8 Å². The SMILES string of the molecule is CCCCCCCCCCOc1ccc(-c2ccc([C@H]3OC[C@H](CCCCCCCC)CO3)cn2)c(F)c1F. The second kappa shape index (κ2) is 18.3. The highest BCUT2D eigenvalue weighted by atomic mass is 19.2. The molecule has 1 aliphatic heterocycles. The molecule has 0 spiro atoms. The summed E-state index contributed by atoms with van der Waals surface area (Å²) in [6.45, 7) is 6.18. The summed E-state index contributed by atoms with van der Waals surface area (Å²) in [7, 11) is 0. The Morgan fingerprint density at radius 3 is 1.97 bits per heavy atom. The number of rotatable bonds is 19. The quantitative estimate of drug-likeness (QED) is 0.165. The predicted octanol–water partition coefficient (Wildman–Crippen LogP) is 9.96. The van der Waals surface area contributed by atoms with Crippen molar-refractivity contribution in [1.82, 2.24) is 4.98 Å². The zero-order valence-corrected chi connectivity index (χ0v) is 24.2. The first-order valence-electron chi connectivity index (χ1n) is 15.4. The summed E-state index contributed by atoms with van der Waals surface area (Å²) < 4.78 is 47.0. The summed E-state index contributed by atoms with van der Waals surface area (Å²) in [6, 6.07) is 6.52. The van der Waals surface area contributed by atoms with Crippen LogP contribution in [0.2, 0.25) is 0 Å². The van der Waals surface area contributed by atoms with E-state index in [9.17, 15) is 8.78 Å². The van der Waals surface area contributed by atoms with Gasteiger partial charge in [0.2, 0.25) is 5.82 Å². The van der Waals surface area contributed by atoms with Gasteiger partial charge in [0.25, 0.3) is 0 Å². The minimum atomic E-state index is -0.965. The van der Waals surface area contributed by atoms with E-state index in [1.54, 1.807) is 12.3 Å². The third-order valence-electron chi connectivity index (χ3n) is 7.57. The van der Waals surface area contributed by atoms with Crippen molar-refractivity contribution in [3.8, 4) is 17.0 Å². The van der Waals surface area contributed by atoms with Crippen LogP contribution in [0.5, 0.6) is 5.75 Å². The summed E-state index contributed by atoms with van der Waals surface area (Å²) in [6.07, 6.45) is 19.4. The number of halogens is 2. The van der Waals surface area contributed by atoms with Crippen LogP contribution in [0.25, 0.3) is 11.3 Å². The van der Waals surface area contributed by atoms with Crippen LogP contribution in [0.1, 0.15) is 122 Å². The molecule has 0 bridgehead atoms. The lowest BCUT2D eigenvalue weighted by atomic mass is 10.0. The fourth-order valence-corrected chi connectivity index (χ4v) is 5.08. The molecule has 0 saturated carbocycles. The van der Waals surface area contributed by atoms with E-state index >= 15 is 0 Å². The molecule has 1 fully saturated rings. The van der Waals surface area contributed by atoms with Crippen LogP contribution in [0, 0.1) is 17.6 Å². The van der Waals surface area contributed by atoms with Gasteiger partial charge in [0.1, 0.15) is 0 Å². The van der Waals surface area contributed by atoms with Gasteiger partial charge in [-0.25, -0.2) is 4.39 Å². The number of unbranched alkanes of at least 4 members (excludes halogenated alkanes) is 12. The standard InChI is InChI=1S/C33H49F2NO3/c1-3-5-7-9-11-12-14-16-22-37-30-21-19-28(31(34)32(30)35)29-20-18-27(23-36-29)33-38-24-26(25-39-33)17-15-13-10-8-6-4-2/h18-21,23,26,33H,3-17,22,24-25H2,1-2H3/t26-,33-. The Kier molecular flexibility index (Phi) is 14.8. The molecular formula is C33H49F2NO3. The molecule has 1 saturated heterocycles. The van der Waals surface area contributed by atoms with Crippen molar-refractivity contribution < 1.29 is 23.0 Å². The van der Waals surface area contributed by atoms with Gasteiger partial charge < -0.3 is 14.2 Å². The van der Waals surface area contributed by atoms with Gasteiger partial charge in [-0.15, -0.1) is 0 Å². The Balaban J connectivity index is 1.41. The molecule has 39 heavy (non-hydrogen) atoms. The van der Waals surface area contributed by atoms with Crippen molar-refractivity contribution in [2.45, 2.75) is 116 Å². The van der Waals surface area contributed by atoms with E-state index in [0.717, 1.165) is 31.2 Å². The number of ether oxygens (including phenoxy) is 3. The smallest absolute Gasteiger partial charge is 0.201 e. The molecule has 0 radical (unpaired) electrons. The minimum Gasteiger partial charge on any atom is -0.490 e. The van der Waals surface area contributed by atoms with Crippen molar-refractivity contribution in [2.24, 2.45) is 5.92 Å². The van der Waals surface area contributed by atoms with Crippen LogP contribution in [-0.4, -0.2) is 24.8 Å². The molecule has 0 atom stereocenters. The van der Waals surface area contributed by atoms with E-state index in [2.05, 4.69) is 18.8 Å². The van der Waals surface area contributed by atoms with Crippen molar-refractivity contribution in [3.63, 3.8) is 0 Å². The van der Waals surface area contributed by atoms with Gasteiger partial charge in [-0.1, -0.05) is 103 Å². The summed E-state index contributed by atoms with van der Waals surface area (Å²) >= 11 is 0. The van der Waals surface area contributed by atoms with Crippen LogP contribution in [0.15, 0.2) is 30.5 Å². The van der Waals surface area contributed by atoms with E-state index in [-0.39, 0.29) is 11.3 Å². The number of aromatic nitrogens is 1. The molecule has 1 aliphatic rings. The molecule has 0 amide bonds. The highest BCUT2D eigenvalue weighted by Crippen LogP contribution is 2.31. The average Bonchev–Trinajstić information content (AvgIpc) is 2.97. The fraction of sp³-hybridized carbons (Fsp3) is 0.667. The van der Waals surface area contributed by atoms with Crippen molar-refractivity contribution in [3.05, 3.63) is 47.7 Å². The van der Waals surface area contributed by atoms with E-state index in [1.807, 2.05) is 6.07 Å². The van der Waals surface area contributed by atoms with Crippen LogP contribution < -0.4 is 4.74 Å². The Morgan fingerprint density at radius 1 is 0.744 bits per heavy atom. The molecule has 1 aromatic heterocycles. The topological polar surface area (TPSA) is 40.6 Å². The van der Waals surface area contributed by atoms with E-state index < -0.39 is 17.9 Å². The molecule has 2 aromatic rings. The Hall–Kier alpha value is -2.05. The Labute approximate surface area is 234 Å². The lowest BCUT2D eigenvalue weighted by molar-refractivity contribution is -0.206. The van der Waals surface area contributed by atoms with Gasteiger partial charge in [0, 0.05) is 23.2 Å². The molecule has 6 heteroatoms. The van der Waals surface area contributed by atoms with Gasteiger partial charge in [-0.05, 0) is 31.0 Å². The molecule has 1 aromatic carbocycles. The third-order valence-corrected chi connectivity index (χ3v) is 7.57. The van der Waals surface area contributed by atoms with Crippen LogP contribution in [-0.2, 0) is 9.47 Å². The lowest BCUT2D eigenvalue weighted by Crippen LogP contribution is -2.27. The molecule has 2 heterocycles. The maximum absolute atomic E-state index is 14.9. The molecule has 3 rings (SSSR count). The lowest BCUT2D eigenvalue weighted by Gasteiger charge is -2.29. The first-order valence-corrected chi connectivity index (χ1v) is 15.4. The monoisotopic (exact) mass is 545 g/mol. The van der Waals surface area contributed by atoms with Gasteiger partial charge in [-0.3, -0.25) is 4.98 Å². The molecule has 218 valence electrons. The maximum Gasteiger partial charge on any atom is 0.201 e. The second-order valence-corrected chi connectivity index (χ2v) is 11.0. The fourth-order valence-electron chi connectivity index (χ4n) is 5.08. The highest BCUT2D eigenvalue weighted by molar-refractivity contribution is 5.61. The summed E-state index contributed by atoms with van der Waals surface area (Å²) in [5, 5.41) is 0. The highest BCUT2D eigenvalue weighted by Gasteiger charge is 2.24. The van der Waals surface area contributed by atoms with E-state index in [0.29, 0.717) is 31.4 Å². The average molecular weight is 546 g/mol. The van der Waals surface area contributed by atoms with Crippen molar-refractivity contribution in [2.75, 3.05) is 19.8 Å². The first-order chi connectivity index (χ1) is 19.1. The molecule has 0 N–H and O–H groups in total.